The Morgan fingerprint density at radius 1 is 1.50 bits per heavy atom. The first-order valence-electron chi connectivity index (χ1n) is 6.50. The quantitative estimate of drug-likeness (QED) is 0.890. The van der Waals surface area contributed by atoms with Gasteiger partial charge in [0.15, 0.2) is 0 Å². The van der Waals surface area contributed by atoms with E-state index >= 15 is 0 Å². The first-order chi connectivity index (χ1) is 8.68. The van der Waals surface area contributed by atoms with Crippen LogP contribution in [0.5, 0.6) is 0 Å². The van der Waals surface area contributed by atoms with Gasteiger partial charge in [-0.15, -0.1) is 0 Å². The second-order valence-electron chi connectivity index (χ2n) is 4.88. The van der Waals surface area contributed by atoms with Gasteiger partial charge >= 0.3 is 0 Å². The van der Waals surface area contributed by atoms with E-state index in [9.17, 15) is 4.39 Å². The average molecular weight is 252 g/mol. The number of nitrogens with zero attached hydrogens (tertiary/aromatic N) is 1. The van der Waals surface area contributed by atoms with E-state index in [0.717, 1.165) is 32.7 Å². The van der Waals surface area contributed by atoms with Crippen LogP contribution in [0.15, 0.2) is 24.3 Å². The van der Waals surface area contributed by atoms with E-state index in [4.69, 9.17) is 10.5 Å². The van der Waals surface area contributed by atoms with Crippen LogP contribution in [0.1, 0.15) is 24.9 Å². The third-order valence-corrected chi connectivity index (χ3v) is 3.54. The molecule has 2 unspecified atom stereocenters. The SMILES string of the molecule is CC1COCCN1CCC(N)c1ccccc1F. The first-order valence-corrected chi connectivity index (χ1v) is 6.50. The third kappa shape index (κ3) is 3.28. The standard InChI is InChI=1S/C14H21FN2O/c1-11-10-18-9-8-17(11)7-6-14(16)12-4-2-3-5-13(12)15/h2-5,11,14H,6-10,16H2,1H3. The van der Waals surface area contributed by atoms with Crippen LogP contribution < -0.4 is 5.73 Å². The summed E-state index contributed by atoms with van der Waals surface area (Å²) in [5, 5.41) is 0. The molecule has 1 fully saturated rings. The van der Waals surface area contributed by atoms with Crippen LogP contribution >= 0.6 is 0 Å². The summed E-state index contributed by atoms with van der Waals surface area (Å²) >= 11 is 0. The highest BCUT2D eigenvalue weighted by Crippen LogP contribution is 2.18. The van der Waals surface area contributed by atoms with Crippen molar-refractivity contribution >= 4 is 0 Å². The Morgan fingerprint density at radius 3 is 3.00 bits per heavy atom. The van der Waals surface area contributed by atoms with Gasteiger partial charge < -0.3 is 10.5 Å². The van der Waals surface area contributed by atoms with Crippen molar-refractivity contribution in [2.24, 2.45) is 5.73 Å². The van der Waals surface area contributed by atoms with Gasteiger partial charge in [-0.2, -0.15) is 0 Å². The molecule has 1 aromatic rings. The second-order valence-corrected chi connectivity index (χ2v) is 4.88. The molecule has 2 N–H and O–H groups in total. The fourth-order valence-corrected chi connectivity index (χ4v) is 2.33. The zero-order chi connectivity index (χ0) is 13.0. The van der Waals surface area contributed by atoms with Gasteiger partial charge in [-0.25, -0.2) is 4.39 Å². The van der Waals surface area contributed by atoms with Crippen molar-refractivity contribution in [3.05, 3.63) is 35.6 Å². The smallest absolute Gasteiger partial charge is 0.127 e. The number of halogens is 1. The van der Waals surface area contributed by atoms with Crippen molar-refractivity contribution in [3.8, 4) is 0 Å². The van der Waals surface area contributed by atoms with Crippen molar-refractivity contribution in [2.45, 2.75) is 25.4 Å². The van der Waals surface area contributed by atoms with Gasteiger partial charge in [0.05, 0.1) is 13.2 Å². The molecule has 0 amide bonds. The summed E-state index contributed by atoms with van der Waals surface area (Å²) < 4.78 is 19.0. The molecule has 0 spiro atoms. The van der Waals surface area contributed by atoms with Crippen LogP contribution in [0.25, 0.3) is 0 Å². The highest BCUT2D eigenvalue weighted by atomic mass is 19.1. The molecule has 1 aromatic carbocycles. The second kappa shape index (κ2) is 6.27. The van der Waals surface area contributed by atoms with Gasteiger partial charge in [0, 0.05) is 30.7 Å². The lowest BCUT2D eigenvalue weighted by atomic mass is 10.0. The Hall–Kier alpha value is -0.970. The molecule has 2 rings (SSSR count). The zero-order valence-corrected chi connectivity index (χ0v) is 10.8. The zero-order valence-electron chi connectivity index (χ0n) is 10.8. The largest absolute Gasteiger partial charge is 0.379 e. The molecule has 0 radical (unpaired) electrons. The molecule has 100 valence electrons. The highest BCUT2D eigenvalue weighted by molar-refractivity contribution is 5.20. The number of nitrogens with two attached hydrogens (primary N) is 1. The monoisotopic (exact) mass is 252 g/mol. The van der Waals surface area contributed by atoms with Gasteiger partial charge in [0.2, 0.25) is 0 Å². The van der Waals surface area contributed by atoms with E-state index in [1.54, 1.807) is 12.1 Å². The Morgan fingerprint density at radius 2 is 2.28 bits per heavy atom. The van der Waals surface area contributed by atoms with E-state index in [0.29, 0.717) is 11.6 Å². The minimum atomic E-state index is -0.235. The summed E-state index contributed by atoms with van der Waals surface area (Å²) in [6.07, 6.45) is 0.769. The van der Waals surface area contributed by atoms with Crippen LogP contribution in [0, 0.1) is 5.82 Å². The molecule has 4 heteroatoms. The van der Waals surface area contributed by atoms with Crippen LogP contribution in [0.2, 0.25) is 0 Å². The maximum atomic E-state index is 13.6. The molecule has 1 saturated heterocycles. The molecular weight excluding hydrogens is 231 g/mol. The van der Waals surface area contributed by atoms with E-state index in [1.807, 2.05) is 6.07 Å². The van der Waals surface area contributed by atoms with Crippen LogP contribution in [0.4, 0.5) is 4.39 Å². The third-order valence-electron chi connectivity index (χ3n) is 3.54. The summed E-state index contributed by atoms with van der Waals surface area (Å²) in [5.41, 5.74) is 6.67. The summed E-state index contributed by atoms with van der Waals surface area (Å²) in [4.78, 5) is 2.35. The number of ether oxygens (including phenoxy) is 1. The Balaban J connectivity index is 1.88. The molecule has 3 nitrogen and oxygen atoms in total. The molecule has 0 saturated carbocycles. The van der Waals surface area contributed by atoms with Crippen molar-refractivity contribution < 1.29 is 9.13 Å². The summed E-state index contributed by atoms with van der Waals surface area (Å²) in [5.74, 6) is -0.208. The molecule has 2 atom stereocenters. The number of hydrogen-bond acceptors (Lipinski definition) is 3. The predicted octanol–water partition coefficient (Wildman–Crippen LogP) is 1.94. The normalized spacial score (nSPS) is 22.9. The molecule has 1 aliphatic heterocycles. The van der Waals surface area contributed by atoms with Crippen LogP contribution in [0.3, 0.4) is 0 Å². The van der Waals surface area contributed by atoms with Gasteiger partial charge in [0.25, 0.3) is 0 Å². The maximum Gasteiger partial charge on any atom is 0.127 e. The average Bonchev–Trinajstić information content (AvgIpc) is 2.38. The summed E-state index contributed by atoms with van der Waals surface area (Å²) in [6, 6.07) is 6.94. The molecule has 18 heavy (non-hydrogen) atoms. The van der Waals surface area contributed by atoms with Crippen molar-refractivity contribution in [1.29, 1.82) is 0 Å². The maximum absolute atomic E-state index is 13.6. The Kier molecular flexibility index (Phi) is 4.69. The fourth-order valence-electron chi connectivity index (χ4n) is 2.33. The summed E-state index contributed by atoms with van der Waals surface area (Å²) in [6.45, 7) is 5.52. The highest BCUT2D eigenvalue weighted by Gasteiger charge is 2.20. The topological polar surface area (TPSA) is 38.5 Å². The van der Waals surface area contributed by atoms with Crippen molar-refractivity contribution in [1.82, 2.24) is 4.90 Å². The lowest BCUT2D eigenvalue weighted by Crippen LogP contribution is -2.44. The Bertz CT molecular complexity index is 386. The summed E-state index contributed by atoms with van der Waals surface area (Å²) in [7, 11) is 0. The van der Waals surface area contributed by atoms with Gasteiger partial charge in [-0.05, 0) is 19.4 Å². The fraction of sp³-hybridized carbons (Fsp3) is 0.571. The molecule has 0 bridgehead atoms. The van der Waals surface area contributed by atoms with E-state index in [1.165, 1.54) is 6.07 Å². The van der Waals surface area contributed by atoms with Crippen molar-refractivity contribution in [3.63, 3.8) is 0 Å². The molecule has 1 heterocycles. The number of rotatable bonds is 4. The van der Waals surface area contributed by atoms with E-state index in [2.05, 4.69) is 11.8 Å². The lowest BCUT2D eigenvalue weighted by molar-refractivity contribution is -0.00143. The van der Waals surface area contributed by atoms with Gasteiger partial charge in [0.1, 0.15) is 5.82 Å². The molecular formula is C14H21FN2O. The van der Waals surface area contributed by atoms with Gasteiger partial charge in [-0.1, -0.05) is 18.2 Å². The van der Waals surface area contributed by atoms with Crippen LogP contribution in [-0.4, -0.2) is 37.2 Å². The van der Waals surface area contributed by atoms with Crippen molar-refractivity contribution in [2.75, 3.05) is 26.3 Å². The number of benzene rings is 1. The van der Waals surface area contributed by atoms with E-state index < -0.39 is 0 Å². The molecule has 0 aromatic heterocycles. The molecule has 0 aliphatic carbocycles. The van der Waals surface area contributed by atoms with E-state index in [-0.39, 0.29) is 11.9 Å². The lowest BCUT2D eigenvalue weighted by Gasteiger charge is -2.33. The van der Waals surface area contributed by atoms with Crippen LogP contribution in [-0.2, 0) is 4.74 Å². The number of morpholine rings is 1. The minimum absolute atomic E-state index is 0.208. The predicted molar refractivity (Wildman–Crippen MR) is 69.8 cm³/mol. The molecule has 1 aliphatic rings. The van der Waals surface area contributed by atoms with Gasteiger partial charge in [-0.3, -0.25) is 4.90 Å². The first kappa shape index (κ1) is 13.5. The number of hydrogen-bond donors (Lipinski definition) is 1. The Labute approximate surface area is 108 Å². The minimum Gasteiger partial charge on any atom is -0.379 e.